The highest BCUT2D eigenvalue weighted by atomic mass is 16.3. The number of imidazole rings is 1. The molecule has 0 aliphatic carbocycles. The van der Waals surface area contributed by atoms with Crippen LogP contribution in [0.2, 0.25) is 0 Å². The molecule has 0 amide bonds. The predicted octanol–water partition coefficient (Wildman–Crippen LogP) is 2.90. The van der Waals surface area contributed by atoms with Crippen LogP contribution in [0.5, 0.6) is 0 Å². The first-order valence-corrected chi connectivity index (χ1v) is 9.14. The highest BCUT2D eigenvalue weighted by Gasteiger charge is 2.24. The molecule has 0 spiro atoms. The Morgan fingerprint density at radius 1 is 1.17 bits per heavy atom. The maximum Gasteiger partial charge on any atom is 0.105 e. The Hall–Kier alpha value is -1.65. The molecule has 1 fully saturated rings. The molecule has 1 aliphatic rings. The highest BCUT2D eigenvalue weighted by Crippen LogP contribution is 2.23. The molecule has 1 saturated heterocycles. The van der Waals surface area contributed by atoms with Crippen LogP contribution >= 0.6 is 0 Å². The zero-order chi connectivity index (χ0) is 16.8. The lowest BCUT2D eigenvalue weighted by Gasteiger charge is -2.34. The Bertz CT molecular complexity index is 602. The smallest absolute Gasteiger partial charge is 0.105 e. The van der Waals surface area contributed by atoms with E-state index < -0.39 is 0 Å². The van der Waals surface area contributed by atoms with Crippen molar-refractivity contribution < 1.29 is 5.11 Å². The van der Waals surface area contributed by atoms with Gasteiger partial charge in [-0.25, -0.2) is 4.98 Å². The lowest BCUT2D eigenvalue weighted by atomic mass is 9.88. The predicted molar refractivity (Wildman–Crippen MR) is 96.9 cm³/mol. The first-order valence-electron chi connectivity index (χ1n) is 9.14. The van der Waals surface area contributed by atoms with Crippen molar-refractivity contribution in [3.05, 3.63) is 54.1 Å². The quantitative estimate of drug-likeness (QED) is 0.850. The minimum atomic E-state index is -0.164. The molecule has 24 heavy (non-hydrogen) atoms. The van der Waals surface area contributed by atoms with Gasteiger partial charge in [-0.2, -0.15) is 0 Å². The number of rotatable bonds is 7. The van der Waals surface area contributed by atoms with Gasteiger partial charge in [0.25, 0.3) is 0 Å². The molecular weight excluding hydrogens is 298 g/mol. The van der Waals surface area contributed by atoms with E-state index in [0.29, 0.717) is 5.92 Å². The van der Waals surface area contributed by atoms with Gasteiger partial charge < -0.3 is 14.6 Å². The van der Waals surface area contributed by atoms with Crippen molar-refractivity contribution in [3.8, 4) is 0 Å². The van der Waals surface area contributed by atoms with Crippen LogP contribution in [0.15, 0.2) is 42.7 Å². The number of likely N-dealkylation sites (tertiary alicyclic amines) is 1. The average Bonchev–Trinajstić information content (AvgIpc) is 3.04. The number of benzene rings is 1. The third-order valence-corrected chi connectivity index (χ3v) is 5.33. The molecule has 130 valence electrons. The van der Waals surface area contributed by atoms with Crippen LogP contribution in [-0.2, 0) is 13.0 Å². The molecule has 2 aromatic rings. The molecule has 1 unspecified atom stereocenters. The van der Waals surface area contributed by atoms with Crippen LogP contribution < -0.4 is 0 Å². The molecule has 0 saturated carbocycles. The summed E-state index contributed by atoms with van der Waals surface area (Å²) in [6.07, 6.45) is 7.83. The summed E-state index contributed by atoms with van der Waals surface area (Å²) >= 11 is 0. The number of aromatic nitrogens is 2. The van der Waals surface area contributed by atoms with Gasteiger partial charge in [-0.3, -0.25) is 0 Å². The fraction of sp³-hybridized carbons (Fsp3) is 0.550. The molecule has 1 atom stereocenters. The first-order chi connectivity index (χ1) is 11.7. The van der Waals surface area contributed by atoms with Crippen molar-refractivity contribution in [2.24, 2.45) is 5.92 Å². The van der Waals surface area contributed by atoms with Crippen molar-refractivity contribution in [1.82, 2.24) is 14.5 Å². The molecule has 1 aromatic heterocycles. The minimum Gasteiger partial charge on any atom is -0.393 e. The van der Waals surface area contributed by atoms with Gasteiger partial charge in [0.1, 0.15) is 5.82 Å². The van der Waals surface area contributed by atoms with E-state index in [4.69, 9.17) is 0 Å². The number of nitrogens with zero attached hydrogens (tertiary/aromatic N) is 3. The third kappa shape index (κ3) is 4.68. The first kappa shape index (κ1) is 17.2. The van der Waals surface area contributed by atoms with E-state index in [9.17, 15) is 5.11 Å². The molecular formula is C20H29N3O. The summed E-state index contributed by atoms with van der Waals surface area (Å²) in [5.41, 5.74) is 1.32. The summed E-state index contributed by atoms with van der Waals surface area (Å²) in [7, 11) is 0. The monoisotopic (exact) mass is 327 g/mol. The van der Waals surface area contributed by atoms with Gasteiger partial charge in [-0.15, -0.1) is 0 Å². The van der Waals surface area contributed by atoms with Crippen LogP contribution in [0.25, 0.3) is 0 Å². The maximum atomic E-state index is 10.5. The molecule has 0 bridgehead atoms. The molecule has 1 aromatic carbocycles. The van der Waals surface area contributed by atoms with Gasteiger partial charge in [-0.1, -0.05) is 30.3 Å². The number of aliphatic hydroxyl groups is 1. The summed E-state index contributed by atoms with van der Waals surface area (Å²) in [4.78, 5) is 6.79. The van der Waals surface area contributed by atoms with Crippen LogP contribution in [0, 0.1) is 12.8 Å². The molecule has 4 heteroatoms. The van der Waals surface area contributed by atoms with Crippen LogP contribution in [0.4, 0.5) is 0 Å². The SMILES string of the molecule is Cc1nccn1CCN1CCC(C(O)CCc2ccccc2)CC1. The van der Waals surface area contributed by atoms with Gasteiger partial charge in [0.05, 0.1) is 6.10 Å². The van der Waals surface area contributed by atoms with Crippen molar-refractivity contribution in [3.63, 3.8) is 0 Å². The normalized spacial score (nSPS) is 17.9. The number of hydrogen-bond acceptors (Lipinski definition) is 3. The molecule has 3 rings (SSSR count). The zero-order valence-corrected chi connectivity index (χ0v) is 14.6. The maximum absolute atomic E-state index is 10.5. The Morgan fingerprint density at radius 2 is 1.92 bits per heavy atom. The Morgan fingerprint density at radius 3 is 2.58 bits per heavy atom. The van der Waals surface area contributed by atoms with Crippen LogP contribution in [0.3, 0.4) is 0 Å². The van der Waals surface area contributed by atoms with E-state index in [1.54, 1.807) is 0 Å². The van der Waals surface area contributed by atoms with E-state index in [1.807, 2.05) is 12.3 Å². The zero-order valence-electron chi connectivity index (χ0n) is 14.6. The highest BCUT2D eigenvalue weighted by molar-refractivity contribution is 5.14. The molecule has 1 N–H and O–H groups in total. The average molecular weight is 327 g/mol. The van der Waals surface area contributed by atoms with Crippen LogP contribution in [0.1, 0.15) is 30.7 Å². The Kier molecular flexibility index (Phi) is 6.05. The second kappa shape index (κ2) is 8.45. The van der Waals surface area contributed by atoms with Crippen molar-refractivity contribution in [2.75, 3.05) is 19.6 Å². The standard InChI is InChI=1S/C20H29N3O/c1-17-21-11-14-23(17)16-15-22-12-9-19(10-13-22)20(24)8-7-18-5-3-2-4-6-18/h2-6,11,14,19-20,24H,7-10,12-13,15-16H2,1H3. The summed E-state index contributed by atoms with van der Waals surface area (Å²) < 4.78 is 2.21. The van der Waals surface area contributed by atoms with Gasteiger partial charge in [0.15, 0.2) is 0 Å². The summed E-state index contributed by atoms with van der Waals surface area (Å²) in [6.45, 7) is 6.33. The molecule has 1 aliphatic heterocycles. The summed E-state index contributed by atoms with van der Waals surface area (Å²) in [5, 5.41) is 10.5. The lowest BCUT2D eigenvalue weighted by Crippen LogP contribution is -2.39. The second-order valence-electron chi connectivity index (χ2n) is 6.94. The number of aryl methyl sites for hydroxylation is 2. The van der Waals surface area contributed by atoms with Crippen LogP contribution in [-0.4, -0.2) is 45.3 Å². The molecule has 0 radical (unpaired) electrons. The van der Waals surface area contributed by atoms with E-state index in [-0.39, 0.29) is 6.10 Å². The van der Waals surface area contributed by atoms with E-state index in [2.05, 4.69) is 51.8 Å². The van der Waals surface area contributed by atoms with Gasteiger partial charge in [0, 0.05) is 25.5 Å². The second-order valence-corrected chi connectivity index (χ2v) is 6.94. The lowest BCUT2D eigenvalue weighted by molar-refractivity contribution is 0.0530. The fourth-order valence-electron chi connectivity index (χ4n) is 3.65. The van der Waals surface area contributed by atoms with Crippen molar-refractivity contribution >= 4 is 0 Å². The van der Waals surface area contributed by atoms with Crippen molar-refractivity contribution in [2.45, 2.75) is 45.3 Å². The Labute approximate surface area is 145 Å². The van der Waals surface area contributed by atoms with E-state index in [1.165, 1.54) is 5.56 Å². The van der Waals surface area contributed by atoms with Gasteiger partial charge in [-0.05, 0) is 57.2 Å². The third-order valence-electron chi connectivity index (χ3n) is 5.33. The largest absolute Gasteiger partial charge is 0.393 e. The molecule has 2 heterocycles. The van der Waals surface area contributed by atoms with Crippen molar-refractivity contribution in [1.29, 1.82) is 0 Å². The number of piperidine rings is 1. The number of aliphatic hydroxyl groups excluding tert-OH is 1. The molecule has 4 nitrogen and oxygen atoms in total. The Balaban J connectivity index is 1.37. The van der Waals surface area contributed by atoms with E-state index >= 15 is 0 Å². The number of hydrogen-bond donors (Lipinski definition) is 1. The fourth-order valence-corrected chi connectivity index (χ4v) is 3.65. The minimum absolute atomic E-state index is 0.164. The van der Waals surface area contributed by atoms with E-state index in [0.717, 1.165) is 57.7 Å². The summed E-state index contributed by atoms with van der Waals surface area (Å²) in [5.74, 6) is 1.54. The topological polar surface area (TPSA) is 41.3 Å². The van der Waals surface area contributed by atoms with Gasteiger partial charge in [0.2, 0.25) is 0 Å². The van der Waals surface area contributed by atoms with Gasteiger partial charge >= 0.3 is 0 Å². The summed E-state index contributed by atoms with van der Waals surface area (Å²) in [6, 6.07) is 10.5.